The number of ether oxygens (including phenoxy) is 1. The number of rotatable bonds is 6. The molecule has 2 aliphatic rings. The number of nitrogens with one attached hydrogen (secondary N) is 1. The van der Waals surface area contributed by atoms with E-state index < -0.39 is 6.10 Å². The molecule has 1 aromatic carbocycles. The van der Waals surface area contributed by atoms with E-state index in [9.17, 15) is 9.18 Å². The molecule has 24 heavy (non-hydrogen) atoms. The Morgan fingerprint density at radius 3 is 2.71 bits per heavy atom. The molecule has 4 nitrogen and oxygen atoms in total. The van der Waals surface area contributed by atoms with E-state index in [1.807, 2.05) is 4.90 Å². The van der Waals surface area contributed by atoms with Gasteiger partial charge in [-0.05, 0) is 79.2 Å². The lowest BCUT2D eigenvalue weighted by Gasteiger charge is -2.34. The van der Waals surface area contributed by atoms with Gasteiger partial charge >= 0.3 is 0 Å². The summed E-state index contributed by atoms with van der Waals surface area (Å²) in [5.41, 5.74) is 0. The van der Waals surface area contributed by atoms with Crippen molar-refractivity contribution in [1.29, 1.82) is 0 Å². The molecule has 1 aromatic rings. The maximum Gasteiger partial charge on any atom is 0.263 e. The number of piperidine rings is 1. The zero-order valence-corrected chi connectivity index (χ0v) is 15.5. The summed E-state index contributed by atoms with van der Waals surface area (Å²) in [6.45, 7) is 4.39. The molecule has 1 aliphatic carbocycles. The summed E-state index contributed by atoms with van der Waals surface area (Å²) in [6.07, 6.45) is 4.12. The maximum absolute atomic E-state index is 13.1. The van der Waals surface area contributed by atoms with Crippen LogP contribution in [0.1, 0.15) is 32.6 Å². The highest BCUT2D eigenvalue weighted by Gasteiger charge is 2.28. The van der Waals surface area contributed by atoms with Gasteiger partial charge in [-0.25, -0.2) is 4.39 Å². The molecular weight excluding hydrogens is 375 g/mol. The SMILES string of the molecule is CC(Oc1ccc(F)cc1Br)C(=O)N1CCC(NCC2CC2)CC1. The fourth-order valence-electron chi connectivity index (χ4n) is 3.03. The molecule has 1 N–H and O–H groups in total. The quantitative estimate of drug-likeness (QED) is 0.798. The molecular formula is C18H24BrFN2O2. The number of nitrogens with zero attached hydrogens (tertiary/aromatic N) is 1. The average Bonchev–Trinajstić information content (AvgIpc) is 3.39. The molecule has 2 fully saturated rings. The van der Waals surface area contributed by atoms with E-state index in [1.54, 1.807) is 6.92 Å². The van der Waals surface area contributed by atoms with Crippen molar-refractivity contribution in [2.45, 2.75) is 44.8 Å². The zero-order valence-electron chi connectivity index (χ0n) is 13.9. The summed E-state index contributed by atoms with van der Waals surface area (Å²) in [7, 11) is 0. The van der Waals surface area contributed by atoms with E-state index in [0.29, 0.717) is 16.3 Å². The van der Waals surface area contributed by atoms with Crippen molar-refractivity contribution < 1.29 is 13.9 Å². The van der Waals surface area contributed by atoms with Crippen molar-refractivity contribution >= 4 is 21.8 Å². The van der Waals surface area contributed by atoms with E-state index in [1.165, 1.54) is 31.0 Å². The molecule has 0 radical (unpaired) electrons. The van der Waals surface area contributed by atoms with Crippen LogP contribution < -0.4 is 10.1 Å². The van der Waals surface area contributed by atoms with E-state index in [-0.39, 0.29) is 11.7 Å². The van der Waals surface area contributed by atoms with Gasteiger partial charge in [0.25, 0.3) is 5.91 Å². The third-order valence-electron chi connectivity index (χ3n) is 4.74. The Morgan fingerprint density at radius 1 is 1.38 bits per heavy atom. The summed E-state index contributed by atoms with van der Waals surface area (Å²) in [5.74, 6) is 1.02. The van der Waals surface area contributed by atoms with Crippen molar-refractivity contribution in [3.05, 3.63) is 28.5 Å². The number of hydrogen-bond acceptors (Lipinski definition) is 3. The maximum atomic E-state index is 13.1. The molecule has 0 spiro atoms. The average molecular weight is 399 g/mol. The molecule has 1 aliphatic heterocycles. The van der Waals surface area contributed by atoms with E-state index in [0.717, 1.165) is 38.4 Å². The van der Waals surface area contributed by atoms with Crippen LogP contribution in [0.2, 0.25) is 0 Å². The van der Waals surface area contributed by atoms with Crippen molar-refractivity contribution in [2.24, 2.45) is 5.92 Å². The minimum absolute atomic E-state index is 0.00753. The lowest BCUT2D eigenvalue weighted by atomic mass is 10.0. The van der Waals surface area contributed by atoms with Crippen LogP contribution in [0.25, 0.3) is 0 Å². The molecule has 6 heteroatoms. The Hall–Kier alpha value is -1.14. The van der Waals surface area contributed by atoms with Gasteiger partial charge in [0.1, 0.15) is 11.6 Å². The fourth-order valence-corrected chi connectivity index (χ4v) is 3.47. The summed E-state index contributed by atoms with van der Waals surface area (Å²) in [5, 5.41) is 3.61. The summed E-state index contributed by atoms with van der Waals surface area (Å²) in [4.78, 5) is 14.4. The molecule has 1 atom stereocenters. The predicted octanol–water partition coefficient (Wildman–Crippen LogP) is 3.35. The van der Waals surface area contributed by atoms with Gasteiger partial charge in [-0.1, -0.05) is 0 Å². The van der Waals surface area contributed by atoms with E-state index in [4.69, 9.17) is 4.74 Å². The van der Waals surface area contributed by atoms with Gasteiger partial charge in [0.05, 0.1) is 4.47 Å². The van der Waals surface area contributed by atoms with E-state index in [2.05, 4.69) is 21.2 Å². The summed E-state index contributed by atoms with van der Waals surface area (Å²) < 4.78 is 19.3. The number of carbonyl (C=O) groups is 1. The first-order chi connectivity index (χ1) is 11.5. The van der Waals surface area contributed by atoms with E-state index >= 15 is 0 Å². The largest absolute Gasteiger partial charge is 0.480 e. The van der Waals surface area contributed by atoms with Crippen LogP contribution in [0.4, 0.5) is 4.39 Å². The second-order valence-electron chi connectivity index (χ2n) is 6.79. The summed E-state index contributed by atoms with van der Waals surface area (Å²) >= 11 is 3.26. The van der Waals surface area contributed by atoms with Crippen molar-refractivity contribution in [1.82, 2.24) is 10.2 Å². The number of benzene rings is 1. The molecule has 1 amide bonds. The van der Waals surface area contributed by atoms with Gasteiger partial charge in [-0.15, -0.1) is 0 Å². The first-order valence-electron chi connectivity index (χ1n) is 8.67. The molecule has 132 valence electrons. The van der Waals surface area contributed by atoms with Crippen LogP contribution >= 0.6 is 15.9 Å². The Balaban J connectivity index is 1.47. The number of hydrogen-bond donors (Lipinski definition) is 1. The molecule has 1 heterocycles. The Bertz CT molecular complexity index is 586. The number of halogens is 2. The minimum Gasteiger partial charge on any atom is -0.480 e. The lowest BCUT2D eigenvalue weighted by molar-refractivity contribution is -0.139. The second-order valence-corrected chi connectivity index (χ2v) is 7.64. The van der Waals surface area contributed by atoms with Gasteiger partial charge in [-0.2, -0.15) is 0 Å². The molecule has 1 saturated heterocycles. The highest BCUT2D eigenvalue weighted by atomic mass is 79.9. The zero-order chi connectivity index (χ0) is 17.1. The molecule has 1 saturated carbocycles. The van der Waals surface area contributed by atoms with Crippen LogP contribution in [-0.4, -0.2) is 42.6 Å². The highest BCUT2D eigenvalue weighted by molar-refractivity contribution is 9.10. The van der Waals surface area contributed by atoms with Crippen LogP contribution in [0.3, 0.4) is 0 Å². The topological polar surface area (TPSA) is 41.6 Å². The van der Waals surface area contributed by atoms with Gasteiger partial charge in [-0.3, -0.25) is 4.79 Å². The standard InChI is InChI=1S/C18H24BrFN2O2/c1-12(24-17-5-4-14(20)10-16(17)19)18(23)22-8-6-15(7-9-22)21-11-13-2-3-13/h4-5,10,12-13,15,21H,2-3,6-9,11H2,1H3. The number of carbonyl (C=O) groups excluding carboxylic acids is 1. The third kappa shape index (κ3) is 4.70. The van der Waals surface area contributed by atoms with Gasteiger partial charge < -0.3 is 15.0 Å². The van der Waals surface area contributed by atoms with Crippen LogP contribution in [0.15, 0.2) is 22.7 Å². The van der Waals surface area contributed by atoms with Gasteiger partial charge in [0, 0.05) is 19.1 Å². The highest BCUT2D eigenvalue weighted by Crippen LogP contribution is 2.28. The molecule has 3 rings (SSSR count). The fraction of sp³-hybridized carbons (Fsp3) is 0.611. The predicted molar refractivity (Wildman–Crippen MR) is 94.5 cm³/mol. The molecule has 0 bridgehead atoms. The third-order valence-corrected chi connectivity index (χ3v) is 5.36. The van der Waals surface area contributed by atoms with Gasteiger partial charge in [0.15, 0.2) is 6.10 Å². The van der Waals surface area contributed by atoms with Crippen LogP contribution in [0, 0.1) is 11.7 Å². The smallest absolute Gasteiger partial charge is 0.263 e. The molecule has 1 unspecified atom stereocenters. The number of likely N-dealkylation sites (tertiary alicyclic amines) is 1. The van der Waals surface area contributed by atoms with Crippen LogP contribution in [-0.2, 0) is 4.79 Å². The Labute approximate surface area is 150 Å². The van der Waals surface area contributed by atoms with Gasteiger partial charge in [0.2, 0.25) is 0 Å². The normalized spacial score (nSPS) is 20.0. The lowest BCUT2D eigenvalue weighted by Crippen LogP contribution is -2.48. The first-order valence-corrected chi connectivity index (χ1v) is 9.46. The Kier molecular flexibility index (Phi) is 5.76. The van der Waals surface area contributed by atoms with Crippen molar-refractivity contribution in [3.63, 3.8) is 0 Å². The van der Waals surface area contributed by atoms with Crippen molar-refractivity contribution in [3.8, 4) is 5.75 Å². The monoisotopic (exact) mass is 398 g/mol. The van der Waals surface area contributed by atoms with Crippen LogP contribution in [0.5, 0.6) is 5.75 Å². The first kappa shape index (κ1) is 17.7. The Morgan fingerprint density at radius 2 is 2.08 bits per heavy atom. The minimum atomic E-state index is -0.581. The number of amides is 1. The summed E-state index contributed by atoms with van der Waals surface area (Å²) in [6, 6.07) is 4.73. The second kappa shape index (κ2) is 7.83. The van der Waals surface area contributed by atoms with Crippen molar-refractivity contribution in [2.75, 3.05) is 19.6 Å². The molecule has 0 aromatic heterocycles.